The summed E-state index contributed by atoms with van der Waals surface area (Å²) < 4.78 is 5.19. The highest BCUT2D eigenvalue weighted by atomic mass is 16.5. The normalized spacial score (nSPS) is 23.2. The molecular weight excluding hydrogens is 204 g/mol. The average Bonchev–Trinajstić information content (AvgIpc) is 2.25. The number of nitrogens with two attached hydrogens (primary N) is 1. The summed E-state index contributed by atoms with van der Waals surface area (Å²) in [6.07, 6.45) is 2.30. The molecule has 0 bridgehead atoms. The molecule has 1 aliphatic carbocycles. The maximum Gasteiger partial charge on any atom is 0.165 e. The Balaban J connectivity index is 1.98. The number of hydrogen-bond acceptors (Lipinski definition) is 5. The highest BCUT2D eigenvalue weighted by Gasteiger charge is 2.29. The zero-order chi connectivity index (χ0) is 11.5. The van der Waals surface area contributed by atoms with Crippen molar-refractivity contribution in [2.24, 2.45) is 0 Å². The van der Waals surface area contributed by atoms with Crippen molar-refractivity contribution < 1.29 is 4.74 Å². The Labute approximate surface area is 94.2 Å². The van der Waals surface area contributed by atoms with Gasteiger partial charge in [0.05, 0.1) is 11.8 Å². The maximum absolute atomic E-state index is 8.79. The van der Waals surface area contributed by atoms with Gasteiger partial charge in [-0.25, -0.2) is 4.98 Å². The van der Waals surface area contributed by atoms with Crippen molar-refractivity contribution in [2.75, 3.05) is 18.2 Å². The second-order valence-electron chi connectivity index (χ2n) is 3.92. The third-order valence-corrected chi connectivity index (χ3v) is 2.81. The summed E-state index contributed by atoms with van der Waals surface area (Å²) in [7, 11) is 1.72. The van der Waals surface area contributed by atoms with E-state index >= 15 is 0 Å². The van der Waals surface area contributed by atoms with Crippen LogP contribution in [0, 0.1) is 11.3 Å². The van der Waals surface area contributed by atoms with E-state index in [0.717, 1.165) is 12.8 Å². The van der Waals surface area contributed by atoms with Gasteiger partial charge in [0.1, 0.15) is 11.9 Å². The molecule has 5 heteroatoms. The summed E-state index contributed by atoms with van der Waals surface area (Å²) >= 11 is 0. The molecule has 1 heterocycles. The van der Waals surface area contributed by atoms with E-state index < -0.39 is 0 Å². The van der Waals surface area contributed by atoms with Crippen LogP contribution in [0.3, 0.4) is 0 Å². The van der Waals surface area contributed by atoms with E-state index in [0.29, 0.717) is 23.7 Å². The number of nitrogens with one attached hydrogen (secondary N) is 1. The van der Waals surface area contributed by atoms with Crippen LogP contribution in [0.4, 0.5) is 11.5 Å². The fraction of sp³-hybridized carbons (Fsp3) is 0.455. The number of aromatic nitrogens is 1. The molecule has 0 aliphatic heterocycles. The van der Waals surface area contributed by atoms with E-state index in [1.54, 1.807) is 19.2 Å². The summed E-state index contributed by atoms with van der Waals surface area (Å²) in [5.74, 6) is 0.699. The zero-order valence-electron chi connectivity index (χ0n) is 9.10. The summed E-state index contributed by atoms with van der Waals surface area (Å²) in [6, 6.07) is 5.83. The van der Waals surface area contributed by atoms with Crippen molar-refractivity contribution >= 4 is 11.5 Å². The molecule has 1 saturated carbocycles. The van der Waals surface area contributed by atoms with E-state index in [1.807, 2.05) is 6.07 Å². The molecule has 0 radical (unpaired) electrons. The van der Waals surface area contributed by atoms with E-state index in [-0.39, 0.29) is 5.69 Å². The number of methoxy groups -OCH3 is 1. The van der Waals surface area contributed by atoms with Gasteiger partial charge in [-0.05, 0) is 25.0 Å². The number of anilines is 2. The van der Waals surface area contributed by atoms with Crippen molar-refractivity contribution in [3.63, 3.8) is 0 Å². The molecule has 1 aromatic rings. The minimum Gasteiger partial charge on any atom is -0.396 e. The number of nitrogens with zero attached hydrogens (tertiary/aromatic N) is 2. The van der Waals surface area contributed by atoms with Crippen molar-refractivity contribution in [3.05, 3.63) is 17.8 Å². The molecule has 5 nitrogen and oxygen atoms in total. The maximum atomic E-state index is 8.79. The second kappa shape index (κ2) is 4.37. The Hall–Kier alpha value is -1.80. The Morgan fingerprint density at radius 3 is 2.94 bits per heavy atom. The molecule has 84 valence electrons. The van der Waals surface area contributed by atoms with Crippen molar-refractivity contribution in [1.29, 1.82) is 5.26 Å². The number of nitriles is 1. The van der Waals surface area contributed by atoms with Crippen LogP contribution < -0.4 is 11.1 Å². The first-order valence-corrected chi connectivity index (χ1v) is 5.19. The lowest BCUT2D eigenvalue weighted by molar-refractivity contribution is 0.0328. The molecule has 1 aromatic heterocycles. The number of rotatable bonds is 3. The van der Waals surface area contributed by atoms with Crippen LogP contribution in [0.5, 0.6) is 0 Å². The molecule has 0 saturated heterocycles. The molecule has 16 heavy (non-hydrogen) atoms. The second-order valence-corrected chi connectivity index (χ2v) is 3.92. The van der Waals surface area contributed by atoms with Gasteiger partial charge >= 0.3 is 0 Å². The molecule has 3 N–H and O–H groups in total. The predicted octanol–water partition coefficient (Wildman–Crippen LogP) is 1.12. The van der Waals surface area contributed by atoms with E-state index in [9.17, 15) is 0 Å². The Morgan fingerprint density at radius 1 is 1.56 bits per heavy atom. The molecule has 0 aromatic carbocycles. The van der Waals surface area contributed by atoms with Gasteiger partial charge < -0.3 is 15.8 Å². The minimum atomic E-state index is 0.271. The van der Waals surface area contributed by atoms with Gasteiger partial charge in [0, 0.05) is 13.2 Å². The fourth-order valence-corrected chi connectivity index (χ4v) is 1.72. The van der Waals surface area contributed by atoms with Crippen LogP contribution in [0.15, 0.2) is 12.1 Å². The van der Waals surface area contributed by atoms with E-state index in [4.69, 9.17) is 15.7 Å². The smallest absolute Gasteiger partial charge is 0.165 e. The van der Waals surface area contributed by atoms with Crippen LogP contribution in [-0.4, -0.2) is 24.2 Å². The van der Waals surface area contributed by atoms with Crippen LogP contribution in [-0.2, 0) is 4.74 Å². The Bertz CT molecular complexity index is 420. The third-order valence-electron chi connectivity index (χ3n) is 2.81. The van der Waals surface area contributed by atoms with Gasteiger partial charge in [-0.1, -0.05) is 0 Å². The lowest BCUT2D eigenvalue weighted by Gasteiger charge is -2.34. The van der Waals surface area contributed by atoms with Crippen LogP contribution in [0.2, 0.25) is 0 Å². The quantitative estimate of drug-likeness (QED) is 0.794. The first-order valence-electron chi connectivity index (χ1n) is 5.19. The lowest BCUT2D eigenvalue weighted by Crippen LogP contribution is -2.40. The van der Waals surface area contributed by atoms with Crippen molar-refractivity contribution in [2.45, 2.75) is 25.0 Å². The topological polar surface area (TPSA) is 84.0 Å². The predicted molar refractivity (Wildman–Crippen MR) is 60.8 cm³/mol. The van der Waals surface area contributed by atoms with Crippen LogP contribution in [0.25, 0.3) is 0 Å². The highest BCUT2D eigenvalue weighted by molar-refractivity contribution is 5.54. The zero-order valence-corrected chi connectivity index (χ0v) is 9.10. The minimum absolute atomic E-state index is 0.271. The van der Waals surface area contributed by atoms with Gasteiger partial charge in [-0.3, -0.25) is 0 Å². The summed E-state index contributed by atoms with van der Waals surface area (Å²) in [6.45, 7) is 0. The van der Waals surface area contributed by atoms with E-state index in [2.05, 4.69) is 10.3 Å². The Morgan fingerprint density at radius 2 is 2.31 bits per heavy atom. The van der Waals surface area contributed by atoms with Gasteiger partial charge in [-0.2, -0.15) is 5.26 Å². The first kappa shape index (κ1) is 10.7. The molecule has 0 amide bonds. The number of nitrogen functional groups attached to an aromatic ring is 1. The largest absolute Gasteiger partial charge is 0.396 e. The van der Waals surface area contributed by atoms with Gasteiger partial charge in [-0.15, -0.1) is 0 Å². The molecule has 0 atom stereocenters. The monoisotopic (exact) mass is 218 g/mol. The first-order chi connectivity index (χ1) is 7.72. The standard InChI is InChI=1S/C11H14N4O/c1-16-8-4-7(5-8)14-11-3-2-9(13)10(6-12)15-11/h2-3,7-8H,4-5,13H2,1H3,(H,14,15). The molecule has 1 fully saturated rings. The van der Waals surface area contributed by atoms with Crippen molar-refractivity contribution in [3.8, 4) is 6.07 Å². The number of pyridine rings is 1. The van der Waals surface area contributed by atoms with Gasteiger partial charge in [0.25, 0.3) is 0 Å². The molecule has 2 rings (SSSR count). The summed E-state index contributed by atoms with van der Waals surface area (Å²) in [4.78, 5) is 4.13. The lowest BCUT2D eigenvalue weighted by atomic mass is 9.89. The van der Waals surface area contributed by atoms with Gasteiger partial charge in [0.2, 0.25) is 0 Å². The fourth-order valence-electron chi connectivity index (χ4n) is 1.72. The number of ether oxygens (including phenoxy) is 1. The van der Waals surface area contributed by atoms with Crippen molar-refractivity contribution in [1.82, 2.24) is 4.98 Å². The average molecular weight is 218 g/mol. The summed E-state index contributed by atoms with van der Waals surface area (Å²) in [5, 5.41) is 12.0. The van der Waals surface area contributed by atoms with Crippen LogP contribution in [0.1, 0.15) is 18.5 Å². The van der Waals surface area contributed by atoms with E-state index in [1.165, 1.54) is 0 Å². The Kier molecular flexibility index (Phi) is 2.93. The summed E-state index contributed by atoms with van der Waals surface area (Å²) in [5.41, 5.74) is 6.27. The highest BCUT2D eigenvalue weighted by Crippen LogP contribution is 2.26. The molecule has 0 unspecified atom stereocenters. The molecular formula is C11H14N4O. The van der Waals surface area contributed by atoms with Gasteiger partial charge in [0.15, 0.2) is 5.69 Å². The SMILES string of the molecule is COC1CC(Nc2ccc(N)c(C#N)n2)C1. The third kappa shape index (κ3) is 2.07. The van der Waals surface area contributed by atoms with Crippen LogP contribution >= 0.6 is 0 Å². The number of hydrogen-bond donors (Lipinski definition) is 2. The molecule has 1 aliphatic rings. The molecule has 0 spiro atoms.